The zero-order chi connectivity index (χ0) is 19.7. The highest BCUT2D eigenvalue weighted by Crippen LogP contribution is 2.32. The van der Waals surface area contributed by atoms with Crippen molar-refractivity contribution in [2.75, 3.05) is 11.1 Å². The molecule has 0 saturated heterocycles. The number of aromatic nitrogens is 4. The number of halogens is 1. The highest BCUT2D eigenvalue weighted by atomic mass is 35.5. The van der Waals surface area contributed by atoms with Crippen LogP contribution < -0.4 is 11.1 Å². The van der Waals surface area contributed by atoms with Gasteiger partial charge >= 0.3 is 0 Å². The van der Waals surface area contributed by atoms with Gasteiger partial charge in [0.05, 0.1) is 12.2 Å². The van der Waals surface area contributed by atoms with E-state index in [-0.39, 0.29) is 17.4 Å². The maximum Gasteiger partial charge on any atom is 0.150 e. The number of imidazole rings is 1. The van der Waals surface area contributed by atoms with Crippen molar-refractivity contribution < 1.29 is 0 Å². The Labute approximate surface area is 166 Å². The number of nitriles is 1. The average Bonchev–Trinajstić information content (AvgIpc) is 3.08. The lowest BCUT2D eigenvalue weighted by Crippen LogP contribution is -2.12. The summed E-state index contributed by atoms with van der Waals surface area (Å²) in [5, 5.41) is 13.2. The molecule has 8 heteroatoms. The molecule has 7 nitrogen and oxygen atoms in total. The first-order valence-electron chi connectivity index (χ1n) is 8.57. The number of anilines is 2. The fourth-order valence-electron chi connectivity index (χ4n) is 3.13. The van der Waals surface area contributed by atoms with Crippen LogP contribution in [0.2, 0.25) is 5.15 Å². The minimum absolute atomic E-state index is 0.144. The van der Waals surface area contributed by atoms with Crippen molar-refractivity contribution in [2.45, 2.75) is 13.0 Å². The molecule has 4 rings (SSSR count). The Morgan fingerprint density at radius 2 is 2.00 bits per heavy atom. The molecule has 138 valence electrons. The Morgan fingerprint density at radius 3 is 2.75 bits per heavy atom. The topological polar surface area (TPSA) is 105 Å². The summed E-state index contributed by atoms with van der Waals surface area (Å²) in [6.07, 6.45) is 4.92. The molecule has 3 aromatic heterocycles. The van der Waals surface area contributed by atoms with Crippen LogP contribution in [-0.4, -0.2) is 19.4 Å². The van der Waals surface area contributed by atoms with E-state index in [4.69, 9.17) is 17.3 Å². The number of nitrogens with zero attached hydrogens (tertiary/aromatic N) is 5. The maximum atomic E-state index is 9.38. The van der Waals surface area contributed by atoms with Gasteiger partial charge in [0.1, 0.15) is 40.4 Å². The highest BCUT2D eigenvalue weighted by molar-refractivity contribution is 6.29. The first-order chi connectivity index (χ1) is 13.6. The Hall–Kier alpha value is -3.63. The second kappa shape index (κ2) is 7.18. The number of nitrogens with two attached hydrogens (primary N) is 1. The van der Waals surface area contributed by atoms with Crippen molar-refractivity contribution in [1.82, 2.24) is 19.4 Å². The maximum absolute atomic E-state index is 9.38. The molecule has 28 heavy (non-hydrogen) atoms. The molecule has 3 N–H and O–H groups in total. The van der Waals surface area contributed by atoms with Crippen LogP contribution in [0.15, 0.2) is 55.1 Å². The minimum Gasteiger partial charge on any atom is -0.382 e. The smallest absolute Gasteiger partial charge is 0.150 e. The van der Waals surface area contributed by atoms with Crippen LogP contribution in [0.4, 0.5) is 11.6 Å². The predicted molar refractivity (Wildman–Crippen MR) is 109 cm³/mol. The Balaban J connectivity index is 1.83. The van der Waals surface area contributed by atoms with E-state index in [1.165, 1.54) is 6.33 Å². The van der Waals surface area contributed by atoms with E-state index in [0.717, 1.165) is 22.3 Å². The summed E-state index contributed by atoms with van der Waals surface area (Å²) in [4.78, 5) is 12.4. The van der Waals surface area contributed by atoms with Gasteiger partial charge in [-0.05, 0) is 24.1 Å². The normalized spacial score (nSPS) is 11.9. The number of benzene rings is 1. The molecule has 0 bridgehead atoms. The molecule has 1 aromatic carbocycles. The number of hydrogen-bond acceptors (Lipinski definition) is 6. The predicted octanol–water partition coefficient (Wildman–Crippen LogP) is 4.07. The SMILES string of the molecule is C[C@H](Nc1ncnc(N)c1C#N)c1cc2ncc(Cl)n2cc1-c1ccccc1. The highest BCUT2D eigenvalue weighted by Gasteiger charge is 2.18. The first-order valence-corrected chi connectivity index (χ1v) is 8.95. The van der Waals surface area contributed by atoms with Crippen LogP contribution in [0, 0.1) is 11.3 Å². The zero-order valence-corrected chi connectivity index (χ0v) is 15.7. The molecule has 0 unspecified atom stereocenters. The van der Waals surface area contributed by atoms with Gasteiger partial charge in [-0.1, -0.05) is 41.9 Å². The summed E-state index contributed by atoms with van der Waals surface area (Å²) in [5.41, 5.74) is 9.78. The zero-order valence-electron chi connectivity index (χ0n) is 15.0. The number of pyridine rings is 1. The lowest BCUT2D eigenvalue weighted by Gasteiger charge is -2.20. The van der Waals surface area contributed by atoms with Crippen LogP contribution in [0.3, 0.4) is 0 Å². The number of fused-ring (bicyclic) bond motifs is 1. The van der Waals surface area contributed by atoms with E-state index in [2.05, 4.69) is 26.3 Å². The number of nitrogen functional groups attached to an aromatic ring is 1. The summed E-state index contributed by atoms with van der Waals surface area (Å²) in [7, 11) is 0. The first kappa shape index (κ1) is 17.8. The second-order valence-electron chi connectivity index (χ2n) is 6.28. The van der Waals surface area contributed by atoms with E-state index >= 15 is 0 Å². The van der Waals surface area contributed by atoms with E-state index < -0.39 is 0 Å². The van der Waals surface area contributed by atoms with Crippen molar-refractivity contribution in [3.05, 3.63) is 71.4 Å². The van der Waals surface area contributed by atoms with Gasteiger partial charge in [0.25, 0.3) is 0 Å². The van der Waals surface area contributed by atoms with Crippen LogP contribution in [0.25, 0.3) is 16.8 Å². The van der Waals surface area contributed by atoms with Gasteiger partial charge in [-0.25, -0.2) is 15.0 Å². The Morgan fingerprint density at radius 1 is 1.21 bits per heavy atom. The molecule has 0 aliphatic rings. The minimum atomic E-state index is -0.183. The third-order valence-corrected chi connectivity index (χ3v) is 4.81. The largest absolute Gasteiger partial charge is 0.382 e. The molecule has 0 radical (unpaired) electrons. The van der Waals surface area contributed by atoms with Gasteiger partial charge < -0.3 is 11.1 Å². The summed E-state index contributed by atoms with van der Waals surface area (Å²) in [6, 6.07) is 13.8. The fourth-order valence-corrected chi connectivity index (χ4v) is 3.31. The Bertz CT molecular complexity index is 1190. The molecule has 0 amide bonds. The average molecular weight is 390 g/mol. The van der Waals surface area contributed by atoms with Crippen molar-refractivity contribution in [2.24, 2.45) is 0 Å². The van der Waals surface area contributed by atoms with Gasteiger partial charge in [0.15, 0.2) is 0 Å². The monoisotopic (exact) mass is 389 g/mol. The second-order valence-corrected chi connectivity index (χ2v) is 6.67. The molecule has 0 spiro atoms. The molecule has 1 atom stereocenters. The van der Waals surface area contributed by atoms with Crippen LogP contribution >= 0.6 is 11.6 Å². The molecule has 3 heterocycles. The third kappa shape index (κ3) is 3.10. The summed E-state index contributed by atoms with van der Waals surface area (Å²) in [6.45, 7) is 1.99. The molecule has 0 saturated carbocycles. The molecule has 0 fully saturated rings. The summed E-state index contributed by atoms with van der Waals surface area (Å²) < 4.78 is 1.84. The quantitative estimate of drug-likeness (QED) is 0.545. The number of rotatable bonds is 4. The van der Waals surface area contributed by atoms with E-state index in [9.17, 15) is 5.26 Å². The van der Waals surface area contributed by atoms with E-state index in [1.807, 2.05) is 53.9 Å². The van der Waals surface area contributed by atoms with E-state index in [0.29, 0.717) is 11.0 Å². The van der Waals surface area contributed by atoms with Crippen LogP contribution in [-0.2, 0) is 0 Å². The van der Waals surface area contributed by atoms with Crippen molar-refractivity contribution >= 4 is 28.9 Å². The van der Waals surface area contributed by atoms with Gasteiger partial charge in [0, 0.05) is 11.8 Å². The molecular formula is C20H16ClN7. The Kier molecular flexibility index (Phi) is 4.55. The van der Waals surface area contributed by atoms with Gasteiger partial charge in [-0.2, -0.15) is 5.26 Å². The standard InChI is InChI=1S/C20H16ClN7/c1-12(27-20-15(8-22)19(23)25-11-26-20)14-7-18-24-9-17(21)28(18)10-16(14)13-5-3-2-4-6-13/h2-7,9-12H,1H3,(H3,23,25,26,27)/t12-/m0/s1. The lowest BCUT2D eigenvalue weighted by atomic mass is 9.97. The van der Waals surface area contributed by atoms with Crippen LogP contribution in [0.1, 0.15) is 24.1 Å². The third-order valence-electron chi connectivity index (χ3n) is 4.53. The van der Waals surface area contributed by atoms with Crippen molar-refractivity contribution in [1.29, 1.82) is 5.26 Å². The van der Waals surface area contributed by atoms with E-state index in [1.54, 1.807) is 6.20 Å². The summed E-state index contributed by atoms with van der Waals surface area (Å²) >= 11 is 6.27. The van der Waals surface area contributed by atoms with Crippen molar-refractivity contribution in [3.8, 4) is 17.2 Å². The van der Waals surface area contributed by atoms with Gasteiger partial charge in [0.2, 0.25) is 0 Å². The van der Waals surface area contributed by atoms with Gasteiger partial charge in [-0.3, -0.25) is 4.40 Å². The van der Waals surface area contributed by atoms with Gasteiger partial charge in [-0.15, -0.1) is 0 Å². The number of hydrogen-bond donors (Lipinski definition) is 2. The summed E-state index contributed by atoms with van der Waals surface area (Å²) in [5.74, 6) is 0.536. The lowest BCUT2D eigenvalue weighted by molar-refractivity contribution is 0.869. The molecule has 4 aromatic rings. The van der Waals surface area contributed by atoms with Crippen LogP contribution in [0.5, 0.6) is 0 Å². The fraction of sp³-hybridized carbons (Fsp3) is 0.100. The number of nitrogens with one attached hydrogen (secondary N) is 1. The molecular weight excluding hydrogens is 374 g/mol. The molecule has 0 aliphatic carbocycles. The molecule has 0 aliphatic heterocycles. The van der Waals surface area contributed by atoms with Crippen molar-refractivity contribution in [3.63, 3.8) is 0 Å².